The standard InChI is InChI=1S/C36H36N2O/c1-39-35-25-15-14-18-30(35)27-37-28-34(26-29-16-6-2-7-17-29)38-36(31-19-8-3-9-20-31,32-21-10-4-11-22-32)33-23-12-5-13-24-33/h2-25,34,37-38H,26-28H2,1H3. The Balaban J connectivity index is 1.54. The Labute approximate surface area is 232 Å². The minimum atomic E-state index is -0.532. The van der Waals surface area contributed by atoms with E-state index in [1.165, 1.54) is 22.3 Å². The zero-order chi connectivity index (χ0) is 26.8. The lowest BCUT2D eigenvalue weighted by atomic mass is 9.76. The molecule has 0 aliphatic heterocycles. The second-order valence-electron chi connectivity index (χ2n) is 9.82. The van der Waals surface area contributed by atoms with Crippen LogP contribution >= 0.6 is 0 Å². The molecule has 0 aliphatic rings. The number of benzene rings is 5. The quantitative estimate of drug-likeness (QED) is 0.177. The fourth-order valence-electron chi connectivity index (χ4n) is 5.42. The Morgan fingerprint density at radius 2 is 1.05 bits per heavy atom. The summed E-state index contributed by atoms with van der Waals surface area (Å²) in [6.45, 7) is 1.51. The summed E-state index contributed by atoms with van der Waals surface area (Å²) in [6.07, 6.45) is 0.883. The average molecular weight is 513 g/mol. The molecular formula is C36H36N2O. The van der Waals surface area contributed by atoms with E-state index in [-0.39, 0.29) is 6.04 Å². The van der Waals surface area contributed by atoms with Crippen LogP contribution in [0.5, 0.6) is 5.75 Å². The van der Waals surface area contributed by atoms with Crippen LogP contribution in [0.4, 0.5) is 0 Å². The smallest absolute Gasteiger partial charge is 0.123 e. The van der Waals surface area contributed by atoms with Crippen molar-refractivity contribution in [3.05, 3.63) is 173 Å². The first-order valence-electron chi connectivity index (χ1n) is 13.6. The fourth-order valence-corrected chi connectivity index (χ4v) is 5.42. The fraction of sp³-hybridized carbons (Fsp3) is 0.167. The molecule has 2 N–H and O–H groups in total. The predicted molar refractivity (Wildman–Crippen MR) is 161 cm³/mol. The lowest BCUT2D eigenvalue weighted by molar-refractivity contribution is 0.369. The minimum Gasteiger partial charge on any atom is -0.496 e. The van der Waals surface area contributed by atoms with Gasteiger partial charge in [-0.2, -0.15) is 0 Å². The van der Waals surface area contributed by atoms with Crippen LogP contribution in [-0.4, -0.2) is 19.7 Å². The molecule has 3 nitrogen and oxygen atoms in total. The van der Waals surface area contributed by atoms with E-state index in [0.29, 0.717) is 0 Å². The third-order valence-corrected chi connectivity index (χ3v) is 7.26. The molecule has 0 amide bonds. The van der Waals surface area contributed by atoms with E-state index in [1.54, 1.807) is 7.11 Å². The number of para-hydroxylation sites is 1. The molecule has 3 heteroatoms. The number of hydrogen-bond donors (Lipinski definition) is 2. The van der Waals surface area contributed by atoms with Gasteiger partial charge in [-0.05, 0) is 34.7 Å². The number of methoxy groups -OCH3 is 1. The predicted octanol–water partition coefficient (Wildman–Crippen LogP) is 6.98. The van der Waals surface area contributed by atoms with Gasteiger partial charge in [0.2, 0.25) is 0 Å². The Hall–Kier alpha value is -4.18. The summed E-state index contributed by atoms with van der Waals surface area (Å²) >= 11 is 0. The number of ether oxygens (including phenoxy) is 1. The van der Waals surface area contributed by atoms with Gasteiger partial charge in [0.1, 0.15) is 5.75 Å². The van der Waals surface area contributed by atoms with Crippen LogP contribution in [0.2, 0.25) is 0 Å². The SMILES string of the molecule is COc1ccccc1CNCC(Cc1ccccc1)NC(c1ccccc1)(c1ccccc1)c1ccccc1. The van der Waals surface area contributed by atoms with Gasteiger partial charge in [-0.25, -0.2) is 0 Å². The molecule has 1 unspecified atom stereocenters. The van der Waals surface area contributed by atoms with Gasteiger partial charge in [-0.1, -0.05) is 140 Å². The number of rotatable bonds is 12. The maximum atomic E-state index is 5.60. The van der Waals surface area contributed by atoms with Crippen molar-refractivity contribution in [2.45, 2.75) is 24.5 Å². The van der Waals surface area contributed by atoms with Crippen LogP contribution in [0, 0.1) is 0 Å². The lowest BCUT2D eigenvalue weighted by Gasteiger charge is -2.40. The van der Waals surface area contributed by atoms with E-state index >= 15 is 0 Å². The van der Waals surface area contributed by atoms with Crippen LogP contribution in [0.15, 0.2) is 146 Å². The van der Waals surface area contributed by atoms with Crippen molar-refractivity contribution >= 4 is 0 Å². The topological polar surface area (TPSA) is 33.3 Å². The lowest BCUT2D eigenvalue weighted by Crippen LogP contribution is -2.53. The summed E-state index contributed by atoms with van der Waals surface area (Å²) in [5, 5.41) is 7.92. The van der Waals surface area contributed by atoms with Crippen LogP contribution < -0.4 is 15.4 Å². The van der Waals surface area contributed by atoms with Gasteiger partial charge >= 0.3 is 0 Å². The van der Waals surface area contributed by atoms with Gasteiger partial charge in [0.15, 0.2) is 0 Å². The summed E-state index contributed by atoms with van der Waals surface area (Å²) in [5.41, 5.74) is 5.56. The molecule has 0 heterocycles. The van der Waals surface area contributed by atoms with Gasteiger partial charge in [0, 0.05) is 24.7 Å². The van der Waals surface area contributed by atoms with Crippen molar-refractivity contribution in [1.29, 1.82) is 0 Å². The summed E-state index contributed by atoms with van der Waals surface area (Å²) in [6, 6.07) is 51.5. The minimum absolute atomic E-state index is 0.128. The van der Waals surface area contributed by atoms with E-state index in [9.17, 15) is 0 Å². The molecule has 1 atom stereocenters. The molecule has 0 aromatic heterocycles. The van der Waals surface area contributed by atoms with Gasteiger partial charge < -0.3 is 10.1 Å². The molecule has 39 heavy (non-hydrogen) atoms. The van der Waals surface area contributed by atoms with Gasteiger partial charge in [0.05, 0.1) is 12.6 Å². The zero-order valence-electron chi connectivity index (χ0n) is 22.5. The molecule has 5 rings (SSSR count). The Bertz CT molecular complexity index is 1310. The number of hydrogen-bond acceptors (Lipinski definition) is 3. The molecule has 0 spiro atoms. The van der Waals surface area contributed by atoms with Crippen LogP contribution in [0.1, 0.15) is 27.8 Å². The Kier molecular flexibility index (Phi) is 8.85. The van der Waals surface area contributed by atoms with E-state index in [1.807, 2.05) is 12.1 Å². The van der Waals surface area contributed by atoms with Crippen LogP contribution in [-0.2, 0) is 18.5 Å². The highest BCUT2D eigenvalue weighted by Gasteiger charge is 2.38. The molecule has 0 saturated carbocycles. The molecule has 0 aliphatic carbocycles. The van der Waals surface area contributed by atoms with E-state index in [2.05, 4.69) is 144 Å². The zero-order valence-corrected chi connectivity index (χ0v) is 22.5. The second kappa shape index (κ2) is 13.1. The molecule has 5 aromatic carbocycles. The molecule has 0 fully saturated rings. The highest BCUT2D eigenvalue weighted by molar-refractivity contribution is 5.49. The Morgan fingerprint density at radius 3 is 1.56 bits per heavy atom. The highest BCUT2D eigenvalue weighted by atomic mass is 16.5. The van der Waals surface area contributed by atoms with Crippen LogP contribution in [0.3, 0.4) is 0 Å². The molecule has 0 radical (unpaired) electrons. The van der Waals surface area contributed by atoms with Crippen molar-refractivity contribution in [1.82, 2.24) is 10.6 Å². The van der Waals surface area contributed by atoms with Gasteiger partial charge in [0.25, 0.3) is 0 Å². The Morgan fingerprint density at radius 1 is 0.590 bits per heavy atom. The first-order chi connectivity index (χ1) is 19.3. The van der Waals surface area contributed by atoms with Crippen molar-refractivity contribution in [2.24, 2.45) is 0 Å². The van der Waals surface area contributed by atoms with Crippen molar-refractivity contribution in [3.8, 4) is 5.75 Å². The summed E-state index contributed by atoms with van der Waals surface area (Å²) in [4.78, 5) is 0. The molecule has 196 valence electrons. The van der Waals surface area contributed by atoms with Crippen molar-refractivity contribution in [2.75, 3.05) is 13.7 Å². The van der Waals surface area contributed by atoms with E-state index < -0.39 is 5.54 Å². The van der Waals surface area contributed by atoms with Gasteiger partial charge in [-0.15, -0.1) is 0 Å². The molecule has 0 saturated heterocycles. The van der Waals surface area contributed by atoms with Crippen LogP contribution in [0.25, 0.3) is 0 Å². The third-order valence-electron chi connectivity index (χ3n) is 7.26. The monoisotopic (exact) mass is 512 g/mol. The first-order valence-corrected chi connectivity index (χ1v) is 13.6. The van der Waals surface area contributed by atoms with Crippen molar-refractivity contribution in [3.63, 3.8) is 0 Å². The van der Waals surface area contributed by atoms with E-state index in [0.717, 1.165) is 30.8 Å². The first kappa shape index (κ1) is 26.4. The normalized spacial score (nSPS) is 12.1. The second-order valence-corrected chi connectivity index (χ2v) is 9.82. The highest BCUT2D eigenvalue weighted by Crippen LogP contribution is 2.37. The summed E-state index contributed by atoms with van der Waals surface area (Å²) in [7, 11) is 1.73. The average Bonchev–Trinajstić information content (AvgIpc) is 3.02. The third kappa shape index (κ3) is 6.28. The molecule has 5 aromatic rings. The largest absolute Gasteiger partial charge is 0.496 e. The van der Waals surface area contributed by atoms with Crippen molar-refractivity contribution < 1.29 is 4.74 Å². The van der Waals surface area contributed by atoms with E-state index in [4.69, 9.17) is 4.74 Å². The maximum Gasteiger partial charge on any atom is 0.123 e. The van der Waals surface area contributed by atoms with Gasteiger partial charge in [-0.3, -0.25) is 5.32 Å². The number of nitrogens with one attached hydrogen (secondary N) is 2. The maximum absolute atomic E-state index is 5.60. The molecular weight excluding hydrogens is 476 g/mol. The summed E-state index contributed by atoms with van der Waals surface area (Å²) < 4.78 is 5.60. The summed E-state index contributed by atoms with van der Waals surface area (Å²) in [5.74, 6) is 0.907. The molecule has 0 bridgehead atoms.